The van der Waals surface area contributed by atoms with Gasteiger partial charge in [0, 0.05) is 71.6 Å². The number of hydrogen-bond acceptors (Lipinski definition) is 2. The molecule has 0 unspecified atom stereocenters. The number of nitrogens with one attached hydrogen (secondary N) is 1. The van der Waals surface area contributed by atoms with Crippen molar-refractivity contribution in [2.75, 3.05) is 37.6 Å². The summed E-state index contributed by atoms with van der Waals surface area (Å²) in [5.41, 5.74) is 5.15. The van der Waals surface area contributed by atoms with E-state index in [-0.39, 0.29) is 0 Å². The van der Waals surface area contributed by atoms with E-state index < -0.39 is 0 Å². The zero-order chi connectivity index (χ0) is 20.5. The Bertz CT molecular complexity index is 1220. The maximum absolute atomic E-state index is 5.52. The van der Waals surface area contributed by atoms with Gasteiger partial charge in [-0.1, -0.05) is 27.9 Å². The number of H-pyrrole nitrogens is 1. The summed E-state index contributed by atoms with van der Waals surface area (Å²) in [5.74, 6) is 2.74. The summed E-state index contributed by atoms with van der Waals surface area (Å²) >= 11 is 3.59. The van der Waals surface area contributed by atoms with Crippen molar-refractivity contribution < 1.29 is 0 Å². The molecule has 0 spiro atoms. The number of aromatic amines is 1. The molecule has 0 saturated carbocycles. The monoisotopic (exact) mass is 460 g/mol. The van der Waals surface area contributed by atoms with Crippen LogP contribution in [0.25, 0.3) is 21.8 Å². The second-order valence-corrected chi connectivity index (χ2v) is 8.86. The highest BCUT2D eigenvalue weighted by Crippen LogP contribution is 2.29. The van der Waals surface area contributed by atoms with E-state index in [0.29, 0.717) is 6.54 Å². The lowest BCUT2D eigenvalue weighted by Crippen LogP contribution is -2.47. The summed E-state index contributed by atoms with van der Waals surface area (Å²) < 4.78 is 3.28. The summed E-state index contributed by atoms with van der Waals surface area (Å²) in [5, 5.41) is 2.62. The summed E-state index contributed by atoms with van der Waals surface area (Å²) in [4.78, 5) is 8.49. The molecule has 0 bridgehead atoms. The number of terminal acetylenes is 1. The smallest absolute Gasteiger partial charge is 0.0834 e. The molecule has 4 aromatic rings. The molecule has 4 nitrogen and oxygen atoms in total. The van der Waals surface area contributed by atoms with Gasteiger partial charge >= 0.3 is 0 Å². The van der Waals surface area contributed by atoms with E-state index in [1.54, 1.807) is 0 Å². The lowest BCUT2D eigenvalue weighted by molar-refractivity contribution is 0.261. The number of piperazine rings is 1. The molecule has 5 rings (SSSR count). The van der Waals surface area contributed by atoms with Gasteiger partial charge in [-0.3, -0.25) is 4.90 Å². The molecule has 1 fully saturated rings. The standard InChI is InChI=1S/C25H25BrN4/c1-2-10-29-12-9-21-24(29)4-3-5-25(21)30-15-13-28(14-16-30)11-8-19-18-27-23-7-6-20(26)17-22(19)23/h1,3-7,9,12,17-18,27H,8,10-11,13-16H2. The fourth-order valence-electron chi connectivity index (χ4n) is 4.57. The third kappa shape index (κ3) is 3.62. The number of nitrogens with zero attached hydrogens (tertiary/aromatic N) is 3. The highest BCUT2D eigenvalue weighted by molar-refractivity contribution is 9.10. The van der Waals surface area contributed by atoms with Gasteiger partial charge in [0.05, 0.1) is 12.1 Å². The average molecular weight is 461 g/mol. The molecule has 1 aliphatic heterocycles. The molecule has 0 atom stereocenters. The van der Waals surface area contributed by atoms with Crippen molar-refractivity contribution in [2.24, 2.45) is 0 Å². The van der Waals surface area contributed by atoms with Gasteiger partial charge in [-0.15, -0.1) is 6.42 Å². The normalized spacial score (nSPS) is 15.1. The Morgan fingerprint density at radius 1 is 1.03 bits per heavy atom. The summed E-state index contributed by atoms with van der Waals surface area (Å²) in [7, 11) is 0. The number of benzene rings is 2. The lowest BCUT2D eigenvalue weighted by atomic mass is 10.1. The van der Waals surface area contributed by atoms with Crippen LogP contribution in [0.15, 0.2) is 59.3 Å². The lowest BCUT2D eigenvalue weighted by Gasteiger charge is -2.36. The first kappa shape index (κ1) is 19.3. The second kappa shape index (κ2) is 8.22. The van der Waals surface area contributed by atoms with Crippen molar-refractivity contribution in [3.05, 3.63) is 64.9 Å². The predicted octanol–water partition coefficient (Wildman–Crippen LogP) is 4.88. The quantitative estimate of drug-likeness (QED) is 0.429. The van der Waals surface area contributed by atoms with Crippen molar-refractivity contribution >= 4 is 43.4 Å². The van der Waals surface area contributed by atoms with Crippen LogP contribution in [0.3, 0.4) is 0 Å². The number of fused-ring (bicyclic) bond motifs is 2. The number of rotatable bonds is 5. The summed E-state index contributed by atoms with van der Waals surface area (Å²) in [6.45, 7) is 6.00. The molecule has 1 N–H and O–H groups in total. The van der Waals surface area contributed by atoms with Crippen molar-refractivity contribution in [2.45, 2.75) is 13.0 Å². The van der Waals surface area contributed by atoms with Crippen molar-refractivity contribution in [1.82, 2.24) is 14.5 Å². The third-order valence-electron chi connectivity index (χ3n) is 6.19. The molecule has 2 aromatic heterocycles. The minimum atomic E-state index is 0.616. The largest absolute Gasteiger partial charge is 0.368 e. The molecule has 30 heavy (non-hydrogen) atoms. The summed E-state index contributed by atoms with van der Waals surface area (Å²) in [6.07, 6.45) is 10.9. The zero-order valence-electron chi connectivity index (χ0n) is 16.9. The number of anilines is 1. The molecule has 0 aliphatic carbocycles. The molecule has 1 aliphatic rings. The maximum atomic E-state index is 5.52. The Hall–Kier alpha value is -2.68. The average Bonchev–Trinajstić information content (AvgIpc) is 3.37. The predicted molar refractivity (Wildman–Crippen MR) is 129 cm³/mol. The van der Waals surface area contributed by atoms with Gasteiger partial charge in [-0.25, -0.2) is 0 Å². The molecule has 0 radical (unpaired) electrons. The Labute approximate surface area is 185 Å². The van der Waals surface area contributed by atoms with Crippen LogP contribution in [0.2, 0.25) is 0 Å². The fraction of sp³-hybridized carbons (Fsp3) is 0.280. The van der Waals surface area contributed by atoms with Gasteiger partial charge in [-0.2, -0.15) is 0 Å². The Kier molecular flexibility index (Phi) is 5.28. The first-order valence-electron chi connectivity index (χ1n) is 10.5. The highest BCUT2D eigenvalue weighted by atomic mass is 79.9. The minimum Gasteiger partial charge on any atom is -0.368 e. The van der Waals surface area contributed by atoms with Crippen LogP contribution in [-0.2, 0) is 13.0 Å². The van der Waals surface area contributed by atoms with Crippen molar-refractivity contribution in [3.63, 3.8) is 0 Å². The van der Waals surface area contributed by atoms with Gasteiger partial charge in [0.1, 0.15) is 0 Å². The molecule has 2 aromatic carbocycles. The third-order valence-corrected chi connectivity index (χ3v) is 6.69. The van der Waals surface area contributed by atoms with Gasteiger partial charge in [0.15, 0.2) is 0 Å². The molecule has 1 saturated heterocycles. The Morgan fingerprint density at radius 3 is 2.73 bits per heavy atom. The van der Waals surface area contributed by atoms with Crippen molar-refractivity contribution in [1.29, 1.82) is 0 Å². The van der Waals surface area contributed by atoms with Crippen LogP contribution in [0.5, 0.6) is 0 Å². The van der Waals surface area contributed by atoms with Crippen LogP contribution >= 0.6 is 15.9 Å². The van der Waals surface area contributed by atoms with Crippen LogP contribution in [0.1, 0.15) is 5.56 Å². The molecule has 0 amide bonds. The number of hydrogen-bond donors (Lipinski definition) is 1. The number of aromatic nitrogens is 2. The van der Waals surface area contributed by atoms with Crippen molar-refractivity contribution in [3.8, 4) is 12.3 Å². The van der Waals surface area contributed by atoms with Crippen LogP contribution in [0, 0.1) is 12.3 Å². The van der Waals surface area contributed by atoms with E-state index in [1.165, 1.54) is 33.1 Å². The number of halogens is 1. The van der Waals surface area contributed by atoms with E-state index in [9.17, 15) is 0 Å². The van der Waals surface area contributed by atoms with Gasteiger partial charge in [0.25, 0.3) is 0 Å². The minimum absolute atomic E-state index is 0.616. The van der Waals surface area contributed by atoms with Gasteiger partial charge in [-0.05, 0) is 48.4 Å². The van der Waals surface area contributed by atoms with E-state index in [2.05, 4.69) is 96.1 Å². The Morgan fingerprint density at radius 2 is 1.90 bits per heavy atom. The van der Waals surface area contributed by atoms with E-state index in [4.69, 9.17) is 6.42 Å². The molecular formula is C25H25BrN4. The first-order chi connectivity index (χ1) is 14.7. The van der Waals surface area contributed by atoms with Crippen LogP contribution in [-0.4, -0.2) is 47.2 Å². The molecule has 3 heterocycles. The zero-order valence-corrected chi connectivity index (χ0v) is 18.5. The highest BCUT2D eigenvalue weighted by Gasteiger charge is 2.19. The maximum Gasteiger partial charge on any atom is 0.0834 e. The topological polar surface area (TPSA) is 27.2 Å². The Balaban J connectivity index is 1.24. The van der Waals surface area contributed by atoms with E-state index in [0.717, 1.165) is 43.6 Å². The first-order valence-corrected chi connectivity index (χ1v) is 11.3. The second-order valence-electron chi connectivity index (χ2n) is 7.94. The molecular weight excluding hydrogens is 436 g/mol. The molecule has 5 heteroatoms. The van der Waals surface area contributed by atoms with E-state index in [1.807, 2.05) is 0 Å². The fourth-order valence-corrected chi connectivity index (χ4v) is 4.93. The SMILES string of the molecule is C#CCn1ccc2c(N3CCN(CCc4c[nH]c5ccc(Br)cc45)CC3)cccc21. The van der Waals surface area contributed by atoms with E-state index >= 15 is 0 Å². The van der Waals surface area contributed by atoms with Gasteiger partial charge in [0.2, 0.25) is 0 Å². The summed E-state index contributed by atoms with van der Waals surface area (Å²) in [6, 6.07) is 15.2. The van der Waals surface area contributed by atoms with Crippen LogP contribution < -0.4 is 4.90 Å². The molecule has 152 valence electrons. The van der Waals surface area contributed by atoms with Gasteiger partial charge < -0.3 is 14.5 Å². The van der Waals surface area contributed by atoms with Crippen LogP contribution in [0.4, 0.5) is 5.69 Å².